The molecule has 1 fully saturated rings. The van der Waals surface area contributed by atoms with E-state index in [0.717, 1.165) is 17.2 Å². The van der Waals surface area contributed by atoms with Crippen LogP contribution in [0.5, 0.6) is 11.5 Å². The van der Waals surface area contributed by atoms with Crippen molar-refractivity contribution in [3.63, 3.8) is 0 Å². The van der Waals surface area contributed by atoms with E-state index in [1.165, 1.54) is 38.9 Å². The van der Waals surface area contributed by atoms with Crippen LogP contribution in [0.15, 0.2) is 18.2 Å². The minimum Gasteiger partial charge on any atom is -0.497 e. The highest BCUT2D eigenvalue weighted by Gasteiger charge is 2.19. The Kier molecular flexibility index (Phi) is 5.53. The van der Waals surface area contributed by atoms with Crippen molar-refractivity contribution in [3.8, 4) is 11.5 Å². The lowest BCUT2D eigenvalue weighted by molar-refractivity contribution is 0.219. The van der Waals surface area contributed by atoms with E-state index in [9.17, 15) is 0 Å². The fraction of sp³-hybridized carbons (Fsp3) is 0.625. The first-order valence-corrected chi connectivity index (χ1v) is 7.47. The van der Waals surface area contributed by atoms with Crippen molar-refractivity contribution in [1.29, 1.82) is 0 Å². The molecule has 2 rings (SSSR count). The van der Waals surface area contributed by atoms with Crippen LogP contribution in [-0.2, 0) is 0 Å². The predicted molar refractivity (Wildman–Crippen MR) is 82.9 cm³/mol. The van der Waals surface area contributed by atoms with Gasteiger partial charge in [-0.3, -0.25) is 0 Å². The monoisotopic (exact) mass is 278 g/mol. The molecule has 1 aliphatic heterocycles. The summed E-state index contributed by atoms with van der Waals surface area (Å²) in [5.41, 5.74) is 1.06. The number of nitrogens with zero attached hydrogens (tertiary/aromatic N) is 1. The Labute approximate surface area is 122 Å². The van der Waals surface area contributed by atoms with E-state index in [2.05, 4.69) is 17.1 Å². The van der Waals surface area contributed by atoms with Crippen LogP contribution >= 0.6 is 0 Å². The third kappa shape index (κ3) is 3.79. The third-order valence-electron chi connectivity index (χ3n) is 3.90. The van der Waals surface area contributed by atoms with Gasteiger partial charge in [-0.2, -0.15) is 0 Å². The van der Waals surface area contributed by atoms with Gasteiger partial charge in [0.1, 0.15) is 11.5 Å². The van der Waals surface area contributed by atoms with E-state index in [0.29, 0.717) is 6.04 Å². The van der Waals surface area contributed by atoms with Gasteiger partial charge in [0.05, 0.1) is 19.9 Å². The van der Waals surface area contributed by atoms with Crippen LogP contribution in [0, 0.1) is 0 Å². The number of ether oxygens (including phenoxy) is 2. The molecule has 0 spiro atoms. The molecule has 4 heteroatoms. The van der Waals surface area contributed by atoms with Crippen molar-refractivity contribution >= 4 is 5.69 Å². The standard InChI is InChI=1S/C16H26N2O2/c1-4-9-18-10-7-13(8-11-18)17-15-6-5-14(19-2)12-16(15)20-3/h5-6,12-13,17H,4,7-11H2,1-3H3. The summed E-state index contributed by atoms with van der Waals surface area (Å²) in [5.74, 6) is 1.67. The first-order valence-electron chi connectivity index (χ1n) is 7.47. The zero-order chi connectivity index (χ0) is 14.4. The first-order chi connectivity index (χ1) is 9.76. The maximum Gasteiger partial charge on any atom is 0.145 e. The highest BCUT2D eigenvalue weighted by molar-refractivity contribution is 5.59. The fourth-order valence-electron chi connectivity index (χ4n) is 2.75. The number of hydrogen-bond acceptors (Lipinski definition) is 4. The van der Waals surface area contributed by atoms with Crippen molar-refractivity contribution in [3.05, 3.63) is 18.2 Å². The van der Waals surface area contributed by atoms with Crippen molar-refractivity contribution in [1.82, 2.24) is 4.90 Å². The molecule has 0 saturated carbocycles. The van der Waals surface area contributed by atoms with Crippen LogP contribution < -0.4 is 14.8 Å². The summed E-state index contributed by atoms with van der Waals surface area (Å²) >= 11 is 0. The van der Waals surface area contributed by atoms with Gasteiger partial charge in [0.25, 0.3) is 0 Å². The lowest BCUT2D eigenvalue weighted by Gasteiger charge is -2.32. The number of methoxy groups -OCH3 is 2. The number of likely N-dealkylation sites (tertiary alicyclic amines) is 1. The third-order valence-corrected chi connectivity index (χ3v) is 3.90. The summed E-state index contributed by atoms with van der Waals surface area (Å²) in [6, 6.07) is 6.47. The molecule has 1 aromatic rings. The average Bonchev–Trinajstić information content (AvgIpc) is 2.50. The predicted octanol–water partition coefficient (Wildman–Crippen LogP) is 2.99. The second kappa shape index (κ2) is 7.39. The second-order valence-corrected chi connectivity index (χ2v) is 5.33. The Morgan fingerprint density at radius 2 is 1.95 bits per heavy atom. The number of rotatable bonds is 6. The first kappa shape index (κ1) is 15.0. The van der Waals surface area contributed by atoms with E-state index in [1.807, 2.05) is 18.2 Å². The maximum atomic E-state index is 5.44. The summed E-state index contributed by atoms with van der Waals surface area (Å²) in [4.78, 5) is 2.55. The number of anilines is 1. The molecule has 1 saturated heterocycles. The minimum atomic E-state index is 0.533. The summed E-state index contributed by atoms with van der Waals surface area (Å²) in [5, 5.41) is 3.61. The second-order valence-electron chi connectivity index (χ2n) is 5.33. The zero-order valence-corrected chi connectivity index (χ0v) is 12.8. The van der Waals surface area contributed by atoms with Gasteiger partial charge in [-0.1, -0.05) is 6.92 Å². The molecule has 0 aliphatic carbocycles. The van der Waals surface area contributed by atoms with Gasteiger partial charge >= 0.3 is 0 Å². The number of hydrogen-bond donors (Lipinski definition) is 1. The van der Waals surface area contributed by atoms with Crippen molar-refractivity contribution in [2.45, 2.75) is 32.2 Å². The van der Waals surface area contributed by atoms with Crippen LogP contribution in [0.4, 0.5) is 5.69 Å². The van der Waals surface area contributed by atoms with Crippen molar-refractivity contribution in [2.75, 3.05) is 39.2 Å². The lowest BCUT2D eigenvalue weighted by Crippen LogP contribution is -2.39. The fourth-order valence-corrected chi connectivity index (χ4v) is 2.75. The van der Waals surface area contributed by atoms with Crippen LogP contribution in [0.3, 0.4) is 0 Å². The Morgan fingerprint density at radius 3 is 2.55 bits per heavy atom. The molecule has 0 unspecified atom stereocenters. The summed E-state index contributed by atoms with van der Waals surface area (Å²) in [6.07, 6.45) is 3.62. The van der Waals surface area contributed by atoms with Crippen LogP contribution in [-0.4, -0.2) is 44.8 Å². The van der Waals surface area contributed by atoms with E-state index in [-0.39, 0.29) is 0 Å². The molecular weight excluding hydrogens is 252 g/mol. The van der Waals surface area contributed by atoms with Crippen molar-refractivity contribution in [2.24, 2.45) is 0 Å². The summed E-state index contributed by atoms with van der Waals surface area (Å²) in [7, 11) is 3.37. The number of nitrogens with one attached hydrogen (secondary N) is 1. The van der Waals surface area contributed by atoms with Crippen LogP contribution in [0.2, 0.25) is 0 Å². The number of benzene rings is 1. The van der Waals surface area contributed by atoms with Gasteiger partial charge in [0.2, 0.25) is 0 Å². The Hall–Kier alpha value is -1.42. The minimum absolute atomic E-state index is 0.533. The van der Waals surface area contributed by atoms with Gasteiger partial charge in [-0.25, -0.2) is 0 Å². The molecular formula is C16H26N2O2. The van der Waals surface area contributed by atoms with Gasteiger partial charge in [-0.05, 0) is 37.9 Å². The molecule has 0 radical (unpaired) electrons. The van der Waals surface area contributed by atoms with Crippen LogP contribution in [0.25, 0.3) is 0 Å². The molecule has 112 valence electrons. The topological polar surface area (TPSA) is 33.7 Å². The molecule has 0 amide bonds. The average molecular weight is 278 g/mol. The summed E-state index contributed by atoms with van der Waals surface area (Å²) < 4.78 is 10.7. The molecule has 0 atom stereocenters. The Morgan fingerprint density at radius 1 is 1.20 bits per heavy atom. The van der Waals surface area contributed by atoms with E-state index < -0.39 is 0 Å². The molecule has 1 N–H and O–H groups in total. The molecule has 0 bridgehead atoms. The van der Waals surface area contributed by atoms with Crippen molar-refractivity contribution < 1.29 is 9.47 Å². The highest BCUT2D eigenvalue weighted by atomic mass is 16.5. The molecule has 1 aliphatic rings. The Bertz CT molecular complexity index is 415. The smallest absolute Gasteiger partial charge is 0.145 e. The molecule has 1 aromatic carbocycles. The normalized spacial score (nSPS) is 16.9. The molecule has 20 heavy (non-hydrogen) atoms. The maximum absolute atomic E-state index is 5.44. The SMILES string of the molecule is CCCN1CCC(Nc2ccc(OC)cc2OC)CC1. The van der Waals surface area contributed by atoms with Gasteiger partial charge < -0.3 is 19.7 Å². The van der Waals surface area contributed by atoms with Gasteiger partial charge in [-0.15, -0.1) is 0 Å². The van der Waals surface area contributed by atoms with Crippen LogP contribution in [0.1, 0.15) is 26.2 Å². The van der Waals surface area contributed by atoms with Gasteiger partial charge in [0, 0.05) is 25.2 Å². The largest absolute Gasteiger partial charge is 0.497 e. The Balaban J connectivity index is 1.94. The lowest BCUT2D eigenvalue weighted by atomic mass is 10.0. The molecule has 0 aromatic heterocycles. The van der Waals surface area contributed by atoms with E-state index >= 15 is 0 Å². The van der Waals surface area contributed by atoms with Gasteiger partial charge in [0.15, 0.2) is 0 Å². The van der Waals surface area contributed by atoms with E-state index in [1.54, 1.807) is 14.2 Å². The van der Waals surface area contributed by atoms with E-state index in [4.69, 9.17) is 9.47 Å². The molecule has 4 nitrogen and oxygen atoms in total. The number of piperidine rings is 1. The quantitative estimate of drug-likeness (QED) is 0.867. The highest BCUT2D eigenvalue weighted by Crippen LogP contribution is 2.30. The summed E-state index contributed by atoms with van der Waals surface area (Å²) in [6.45, 7) is 5.83. The molecule has 1 heterocycles. The zero-order valence-electron chi connectivity index (χ0n) is 12.8.